The molecule has 0 aromatic carbocycles. The molecular weight excluding hydrogens is 308 g/mol. The highest BCUT2D eigenvalue weighted by Crippen LogP contribution is 2.26. The van der Waals surface area contributed by atoms with E-state index < -0.39 is 0 Å². The molecule has 7 nitrogen and oxygen atoms in total. The first kappa shape index (κ1) is 15.6. The summed E-state index contributed by atoms with van der Waals surface area (Å²) >= 11 is 0. The van der Waals surface area contributed by atoms with Crippen molar-refractivity contribution in [3.63, 3.8) is 0 Å². The van der Waals surface area contributed by atoms with Crippen LogP contribution in [0.1, 0.15) is 56.7 Å². The monoisotopic (exact) mass is 332 g/mol. The first-order valence-corrected chi connectivity index (χ1v) is 8.93. The SMILES string of the molecule is Cn1c(OC2CCCCC2)nn2c(C3CCOCC3)ncc2c1=O. The summed E-state index contributed by atoms with van der Waals surface area (Å²) in [4.78, 5) is 17.1. The van der Waals surface area contributed by atoms with Crippen molar-refractivity contribution >= 4 is 5.52 Å². The molecule has 1 aliphatic heterocycles. The van der Waals surface area contributed by atoms with Gasteiger partial charge in [-0.05, 0) is 38.5 Å². The van der Waals surface area contributed by atoms with E-state index in [0.29, 0.717) is 11.5 Å². The molecule has 1 aliphatic carbocycles. The van der Waals surface area contributed by atoms with Gasteiger partial charge in [0.05, 0.1) is 6.20 Å². The van der Waals surface area contributed by atoms with Crippen molar-refractivity contribution in [1.82, 2.24) is 19.2 Å². The molecule has 2 aromatic heterocycles. The minimum absolute atomic E-state index is 0.110. The maximum atomic E-state index is 12.6. The number of hydrogen-bond donors (Lipinski definition) is 0. The average molecular weight is 332 g/mol. The number of imidazole rings is 1. The second-order valence-corrected chi connectivity index (χ2v) is 6.82. The molecule has 130 valence electrons. The topological polar surface area (TPSA) is 70.7 Å². The Balaban J connectivity index is 1.71. The fourth-order valence-electron chi connectivity index (χ4n) is 3.69. The zero-order chi connectivity index (χ0) is 16.5. The summed E-state index contributed by atoms with van der Waals surface area (Å²) in [5.74, 6) is 1.13. The van der Waals surface area contributed by atoms with Crippen LogP contribution in [0, 0.1) is 0 Å². The first-order valence-electron chi connectivity index (χ1n) is 8.93. The summed E-state index contributed by atoms with van der Waals surface area (Å²) in [6.45, 7) is 1.46. The highest BCUT2D eigenvalue weighted by Gasteiger charge is 2.24. The van der Waals surface area contributed by atoms with E-state index in [9.17, 15) is 4.79 Å². The number of hydrogen-bond acceptors (Lipinski definition) is 5. The van der Waals surface area contributed by atoms with Gasteiger partial charge in [0.1, 0.15) is 11.9 Å². The molecule has 2 fully saturated rings. The fraction of sp³-hybridized carbons (Fsp3) is 0.706. The van der Waals surface area contributed by atoms with Crippen molar-refractivity contribution in [2.75, 3.05) is 13.2 Å². The van der Waals surface area contributed by atoms with E-state index >= 15 is 0 Å². The van der Waals surface area contributed by atoms with E-state index in [4.69, 9.17) is 9.47 Å². The fourth-order valence-corrected chi connectivity index (χ4v) is 3.69. The van der Waals surface area contributed by atoms with Gasteiger partial charge in [0.2, 0.25) is 0 Å². The summed E-state index contributed by atoms with van der Waals surface area (Å²) in [7, 11) is 1.72. The van der Waals surface area contributed by atoms with Crippen molar-refractivity contribution in [3.8, 4) is 6.01 Å². The van der Waals surface area contributed by atoms with Crippen molar-refractivity contribution in [3.05, 3.63) is 22.4 Å². The molecule has 1 saturated carbocycles. The normalized spacial score (nSPS) is 20.5. The molecule has 0 N–H and O–H groups in total. The molecule has 1 saturated heterocycles. The molecule has 0 atom stereocenters. The number of nitrogens with zero attached hydrogens (tertiary/aromatic N) is 4. The van der Waals surface area contributed by atoms with Gasteiger partial charge in [-0.3, -0.25) is 9.36 Å². The highest BCUT2D eigenvalue weighted by molar-refractivity contribution is 5.43. The zero-order valence-corrected chi connectivity index (χ0v) is 14.1. The van der Waals surface area contributed by atoms with Crippen molar-refractivity contribution in [2.24, 2.45) is 7.05 Å². The molecule has 0 radical (unpaired) electrons. The standard InChI is InChI=1S/C17H24N4O3/c1-20-16(22)14-11-18-15(12-7-9-23-10-8-12)21(14)19-17(20)24-13-5-3-2-4-6-13/h11-13H,2-10H2,1H3. The summed E-state index contributed by atoms with van der Waals surface area (Å²) in [5.41, 5.74) is 0.400. The third kappa shape index (κ3) is 2.81. The Labute approximate surface area is 140 Å². The number of rotatable bonds is 3. The van der Waals surface area contributed by atoms with Crippen LogP contribution in [-0.4, -0.2) is 38.5 Å². The maximum Gasteiger partial charge on any atom is 0.317 e. The van der Waals surface area contributed by atoms with Gasteiger partial charge in [0.25, 0.3) is 5.56 Å². The zero-order valence-electron chi connectivity index (χ0n) is 14.1. The van der Waals surface area contributed by atoms with Crippen LogP contribution in [0.5, 0.6) is 6.01 Å². The van der Waals surface area contributed by atoms with Gasteiger partial charge in [-0.2, -0.15) is 0 Å². The Morgan fingerprint density at radius 3 is 2.67 bits per heavy atom. The third-order valence-electron chi connectivity index (χ3n) is 5.17. The van der Waals surface area contributed by atoms with E-state index in [2.05, 4.69) is 10.1 Å². The summed E-state index contributed by atoms with van der Waals surface area (Å²) in [6.07, 6.45) is 9.30. The van der Waals surface area contributed by atoms with Gasteiger partial charge >= 0.3 is 6.01 Å². The molecule has 4 rings (SSSR count). The van der Waals surface area contributed by atoms with Crippen molar-refractivity contribution in [2.45, 2.75) is 57.0 Å². The minimum atomic E-state index is -0.110. The molecule has 3 heterocycles. The second kappa shape index (κ2) is 6.55. The highest BCUT2D eigenvalue weighted by atomic mass is 16.5. The summed E-state index contributed by atoms with van der Waals surface area (Å²) < 4.78 is 14.7. The Kier molecular flexibility index (Phi) is 4.26. The molecule has 7 heteroatoms. The first-order chi connectivity index (χ1) is 11.7. The smallest absolute Gasteiger partial charge is 0.317 e. The summed E-state index contributed by atoms with van der Waals surface area (Å²) in [6, 6.07) is 0.394. The molecular formula is C17H24N4O3. The van der Waals surface area contributed by atoms with E-state index in [0.717, 1.165) is 44.7 Å². The lowest BCUT2D eigenvalue weighted by Crippen LogP contribution is -2.28. The molecule has 0 unspecified atom stereocenters. The number of fused-ring (bicyclic) bond motifs is 1. The predicted molar refractivity (Wildman–Crippen MR) is 88.5 cm³/mol. The molecule has 2 aromatic rings. The predicted octanol–water partition coefficient (Wildman–Crippen LogP) is 2.03. The molecule has 0 bridgehead atoms. The van der Waals surface area contributed by atoms with E-state index in [1.807, 2.05) is 0 Å². The lowest BCUT2D eigenvalue weighted by atomic mass is 9.98. The van der Waals surface area contributed by atoms with Crippen LogP contribution in [-0.2, 0) is 11.8 Å². The lowest BCUT2D eigenvalue weighted by Gasteiger charge is -2.23. The van der Waals surface area contributed by atoms with Crippen molar-refractivity contribution in [1.29, 1.82) is 0 Å². The third-order valence-corrected chi connectivity index (χ3v) is 5.17. The average Bonchev–Trinajstić information content (AvgIpc) is 3.05. The van der Waals surface area contributed by atoms with Crippen LogP contribution in [0.2, 0.25) is 0 Å². The molecule has 24 heavy (non-hydrogen) atoms. The van der Waals surface area contributed by atoms with Crippen LogP contribution in [0.3, 0.4) is 0 Å². The van der Waals surface area contributed by atoms with Gasteiger partial charge in [-0.1, -0.05) is 6.42 Å². The lowest BCUT2D eigenvalue weighted by molar-refractivity contribution is 0.0830. The molecule has 0 spiro atoms. The maximum absolute atomic E-state index is 12.6. The van der Waals surface area contributed by atoms with Gasteiger partial charge in [-0.25, -0.2) is 9.50 Å². The van der Waals surface area contributed by atoms with E-state index in [1.54, 1.807) is 17.8 Å². The summed E-state index contributed by atoms with van der Waals surface area (Å²) in [5, 5.41) is 4.62. The van der Waals surface area contributed by atoms with E-state index in [1.165, 1.54) is 23.8 Å². The van der Waals surface area contributed by atoms with E-state index in [-0.39, 0.29) is 17.6 Å². The quantitative estimate of drug-likeness (QED) is 0.860. The number of aromatic nitrogens is 4. The van der Waals surface area contributed by atoms with Crippen LogP contribution < -0.4 is 10.3 Å². The second-order valence-electron chi connectivity index (χ2n) is 6.82. The molecule has 2 aliphatic rings. The Morgan fingerprint density at radius 2 is 1.92 bits per heavy atom. The number of ether oxygens (including phenoxy) is 2. The molecule has 0 amide bonds. The minimum Gasteiger partial charge on any atom is -0.460 e. The van der Waals surface area contributed by atoms with Crippen LogP contribution >= 0.6 is 0 Å². The Hall–Kier alpha value is -1.89. The largest absolute Gasteiger partial charge is 0.460 e. The van der Waals surface area contributed by atoms with Gasteiger partial charge in [0.15, 0.2) is 5.52 Å². The van der Waals surface area contributed by atoms with Crippen LogP contribution in [0.4, 0.5) is 0 Å². The Morgan fingerprint density at radius 1 is 1.17 bits per heavy atom. The Bertz CT molecular complexity index is 770. The van der Waals surface area contributed by atoms with Gasteiger partial charge in [0, 0.05) is 26.2 Å². The van der Waals surface area contributed by atoms with Crippen LogP contribution in [0.15, 0.2) is 11.0 Å². The van der Waals surface area contributed by atoms with Gasteiger partial charge in [-0.15, -0.1) is 5.10 Å². The van der Waals surface area contributed by atoms with Crippen LogP contribution in [0.25, 0.3) is 5.52 Å². The van der Waals surface area contributed by atoms with Gasteiger partial charge < -0.3 is 9.47 Å². The van der Waals surface area contributed by atoms with Crippen molar-refractivity contribution < 1.29 is 9.47 Å².